The number of benzene rings is 1. The van der Waals surface area contributed by atoms with Crippen molar-refractivity contribution in [2.75, 3.05) is 6.54 Å². The molecule has 0 aromatic heterocycles. The molecule has 0 radical (unpaired) electrons. The Morgan fingerprint density at radius 2 is 1.90 bits per heavy atom. The van der Waals surface area contributed by atoms with Gasteiger partial charge in [0.05, 0.1) is 5.56 Å². The van der Waals surface area contributed by atoms with Crippen LogP contribution < -0.4 is 5.32 Å². The number of aromatic carboxylic acids is 1. The Labute approximate surface area is 124 Å². The third kappa shape index (κ3) is 3.09. The largest absolute Gasteiger partial charge is 0.478 e. The van der Waals surface area contributed by atoms with E-state index in [1.54, 1.807) is 12.1 Å². The summed E-state index contributed by atoms with van der Waals surface area (Å²) in [5.41, 5.74) is 1.35. The van der Waals surface area contributed by atoms with Crippen molar-refractivity contribution < 1.29 is 14.7 Å². The highest BCUT2D eigenvalue weighted by Gasteiger charge is 2.42. The van der Waals surface area contributed by atoms with E-state index in [4.69, 9.17) is 5.11 Å². The van der Waals surface area contributed by atoms with E-state index in [1.807, 2.05) is 12.1 Å². The minimum atomic E-state index is -0.911. The Morgan fingerprint density at radius 3 is 2.48 bits per heavy atom. The van der Waals surface area contributed by atoms with Crippen molar-refractivity contribution in [1.29, 1.82) is 0 Å². The van der Waals surface area contributed by atoms with E-state index in [0.717, 1.165) is 24.3 Å². The maximum atomic E-state index is 12.2. The molecule has 0 saturated heterocycles. The third-order valence-electron chi connectivity index (χ3n) is 4.99. The van der Waals surface area contributed by atoms with Crippen molar-refractivity contribution in [3.63, 3.8) is 0 Å². The predicted octanol–water partition coefficient (Wildman–Crippen LogP) is 2.48. The van der Waals surface area contributed by atoms with E-state index >= 15 is 0 Å². The molecule has 0 spiro atoms. The first-order chi connectivity index (χ1) is 10.1. The number of carboxylic acids is 1. The van der Waals surface area contributed by atoms with Crippen LogP contribution in [0.3, 0.4) is 0 Å². The molecule has 112 valence electrons. The number of rotatable bonds is 5. The smallest absolute Gasteiger partial charge is 0.335 e. The topological polar surface area (TPSA) is 66.4 Å². The summed E-state index contributed by atoms with van der Waals surface area (Å²) in [7, 11) is 0. The molecule has 3 rings (SSSR count). The first kappa shape index (κ1) is 14.1. The van der Waals surface area contributed by atoms with Crippen molar-refractivity contribution in [3.05, 3.63) is 35.4 Å². The van der Waals surface area contributed by atoms with Gasteiger partial charge in [0.1, 0.15) is 0 Å². The molecular weight excluding hydrogens is 266 g/mol. The summed E-state index contributed by atoms with van der Waals surface area (Å²) in [4.78, 5) is 22.9. The fourth-order valence-corrected chi connectivity index (χ4v) is 3.84. The molecule has 1 amide bonds. The zero-order valence-electron chi connectivity index (χ0n) is 12.0. The molecule has 0 aliphatic heterocycles. The Hall–Kier alpha value is -1.84. The highest BCUT2D eigenvalue weighted by Crippen LogP contribution is 2.48. The Kier molecular flexibility index (Phi) is 3.95. The lowest BCUT2D eigenvalue weighted by molar-refractivity contribution is -0.126. The van der Waals surface area contributed by atoms with Crippen molar-refractivity contribution >= 4 is 11.9 Å². The summed E-state index contributed by atoms with van der Waals surface area (Å²) in [5.74, 6) is 0.938. The van der Waals surface area contributed by atoms with Gasteiger partial charge in [-0.2, -0.15) is 0 Å². The van der Waals surface area contributed by atoms with Crippen molar-refractivity contribution in [2.45, 2.75) is 32.1 Å². The van der Waals surface area contributed by atoms with Crippen LogP contribution in [0.15, 0.2) is 24.3 Å². The maximum Gasteiger partial charge on any atom is 0.335 e. The fourth-order valence-electron chi connectivity index (χ4n) is 3.84. The molecule has 1 aromatic rings. The van der Waals surface area contributed by atoms with Gasteiger partial charge in [0, 0.05) is 12.5 Å². The molecule has 2 bridgehead atoms. The van der Waals surface area contributed by atoms with E-state index < -0.39 is 5.97 Å². The van der Waals surface area contributed by atoms with Crippen molar-refractivity contribution in [3.8, 4) is 0 Å². The summed E-state index contributed by atoms with van der Waals surface area (Å²) >= 11 is 0. The van der Waals surface area contributed by atoms with Gasteiger partial charge in [0.25, 0.3) is 0 Å². The average molecular weight is 287 g/mol. The number of nitrogens with one attached hydrogen (secondary N) is 1. The Bertz CT molecular complexity index is 537. The lowest BCUT2D eigenvalue weighted by Gasteiger charge is -2.20. The molecule has 2 N–H and O–H groups in total. The molecule has 4 heteroatoms. The number of hydrogen-bond acceptors (Lipinski definition) is 2. The Balaban J connectivity index is 1.45. The van der Waals surface area contributed by atoms with E-state index in [2.05, 4.69) is 5.32 Å². The summed E-state index contributed by atoms with van der Waals surface area (Å²) in [6.45, 7) is 0.624. The van der Waals surface area contributed by atoms with Crippen LogP contribution in [0.4, 0.5) is 0 Å². The average Bonchev–Trinajstić information content (AvgIpc) is 3.10. The molecule has 2 aliphatic rings. The highest BCUT2D eigenvalue weighted by atomic mass is 16.4. The number of hydrogen-bond donors (Lipinski definition) is 2. The number of carboxylic acid groups (broad SMARTS) is 1. The first-order valence-electron chi connectivity index (χ1n) is 7.73. The third-order valence-corrected chi connectivity index (χ3v) is 4.99. The summed E-state index contributed by atoms with van der Waals surface area (Å²) in [6, 6.07) is 6.84. The number of fused-ring (bicyclic) bond motifs is 2. The van der Waals surface area contributed by atoms with Crippen LogP contribution >= 0.6 is 0 Å². The van der Waals surface area contributed by atoms with Crippen molar-refractivity contribution in [2.24, 2.45) is 17.8 Å². The molecule has 3 unspecified atom stereocenters. The summed E-state index contributed by atoms with van der Waals surface area (Å²) < 4.78 is 0. The van der Waals surface area contributed by atoms with E-state index in [-0.39, 0.29) is 11.8 Å². The van der Waals surface area contributed by atoms with E-state index in [0.29, 0.717) is 18.0 Å². The number of amides is 1. The molecule has 4 nitrogen and oxygen atoms in total. The molecular formula is C17H21NO3. The molecule has 21 heavy (non-hydrogen) atoms. The molecule has 2 fully saturated rings. The van der Waals surface area contributed by atoms with Crippen LogP contribution in [-0.2, 0) is 11.2 Å². The molecule has 2 saturated carbocycles. The quantitative estimate of drug-likeness (QED) is 0.874. The van der Waals surface area contributed by atoms with E-state index in [1.165, 1.54) is 19.3 Å². The highest BCUT2D eigenvalue weighted by molar-refractivity contribution is 5.87. The molecule has 0 heterocycles. The normalized spacial score (nSPS) is 26.8. The predicted molar refractivity (Wildman–Crippen MR) is 79.1 cm³/mol. The SMILES string of the molecule is O=C(O)c1ccc(CCNC(=O)C2CC3CCC2C3)cc1. The van der Waals surface area contributed by atoms with Crippen LogP contribution in [0, 0.1) is 17.8 Å². The molecule has 3 atom stereocenters. The van der Waals surface area contributed by atoms with Crippen LogP contribution in [0.5, 0.6) is 0 Å². The Morgan fingerprint density at radius 1 is 1.14 bits per heavy atom. The second-order valence-corrected chi connectivity index (χ2v) is 6.32. The lowest BCUT2D eigenvalue weighted by atomic mass is 9.88. The van der Waals surface area contributed by atoms with Gasteiger partial charge in [-0.1, -0.05) is 18.6 Å². The van der Waals surface area contributed by atoms with Crippen molar-refractivity contribution in [1.82, 2.24) is 5.32 Å². The van der Waals surface area contributed by atoms with Crippen LogP contribution in [0.1, 0.15) is 41.6 Å². The van der Waals surface area contributed by atoms with E-state index in [9.17, 15) is 9.59 Å². The van der Waals surface area contributed by atoms with Gasteiger partial charge in [-0.25, -0.2) is 4.79 Å². The van der Waals surface area contributed by atoms with Gasteiger partial charge in [-0.15, -0.1) is 0 Å². The maximum absolute atomic E-state index is 12.2. The van der Waals surface area contributed by atoms with Crippen LogP contribution in [0.25, 0.3) is 0 Å². The summed E-state index contributed by atoms with van der Waals surface area (Å²) in [5, 5.41) is 11.9. The van der Waals surface area contributed by atoms with Gasteiger partial charge < -0.3 is 10.4 Å². The van der Waals surface area contributed by atoms with Gasteiger partial charge in [-0.3, -0.25) is 4.79 Å². The number of carbonyl (C=O) groups is 2. The monoisotopic (exact) mass is 287 g/mol. The standard InChI is InChI=1S/C17H21NO3/c19-16(15-10-12-3-6-14(15)9-12)18-8-7-11-1-4-13(5-2-11)17(20)21/h1-2,4-5,12,14-15H,3,6-10H2,(H,18,19)(H,20,21). The van der Waals surface area contributed by atoms with Gasteiger partial charge in [0.2, 0.25) is 5.91 Å². The van der Waals surface area contributed by atoms with Gasteiger partial charge >= 0.3 is 5.97 Å². The van der Waals surface area contributed by atoms with Crippen LogP contribution in [0.2, 0.25) is 0 Å². The second-order valence-electron chi connectivity index (χ2n) is 6.32. The van der Waals surface area contributed by atoms with Crippen LogP contribution in [-0.4, -0.2) is 23.5 Å². The van der Waals surface area contributed by atoms with Gasteiger partial charge in [0.15, 0.2) is 0 Å². The fraction of sp³-hybridized carbons (Fsp3) is 0.529. The van der Waals surface area contributed by atoms with Gasteiger partial charge in [-0.05, 0) is 55.2 Å². The zero-order valence-corrected chi connectivity index (χ0v) is 12.0. The molecule has 1 aromatic carbocycles. The first-order valence-corrected chi connectivity index (χ1v) is 7.73. The lowest BCUT2D eigenvalue weighted by Crippen LogP contribution is -2.34. The minimum absolute atomic E-state index is 0.212. The number of carbonyl (C=O) groups excluding carboxylic acids is 1. The zero-order chi connectivity index (χ0) is 14.8. The minimum Gasteiger partial charge on any atom is -0.478 e. The second kappa shape index (κ2) is 5.88. The molecule has 2 aliphatic carbocycles. The summed E-state index contributed by atoms with van der Waals surface area (Å²) in [6.07, 6.45) is 5.59.